The Morgan fingerprint density at radius 2 is 2.40 bits per heavy atom. The van der Waals surface area contributed by atoms with Crippen molar-refractivity contribution in [3.8, 4) is 0 Å². The Bertz CT molecular complexity index is 358. The third-order valence-corrected chi connectivity index (χ3v) is 1.82. The van der Waals surface area contributed by atoms with E-state index in [1.165, 1.54) is 0 Å². The largest absolute Gasteiger partial charge is 0.466 e. The number of carbonyl (C=O) groups excluding carboxylic acids is 1. The molecule has 0 fully saturated rings. The predicted molar refractivity (Wildman–Crippen MR) is 59.3 cm³/mol. The number of hydrogen-bond donors (Lipinski definition) is 0. The molecule has 0 N–H and O–H groups in total. The highest BCUT2D eigenvalue weighted by atomic mass is 16.5. The molecule has 3 nitrogen and oxygen atoms in total. The fourth-order valence-corrected chi connectivity index (χ4v) is 1.15. The lowest BCUT2D eigenvalue weighted by atomic mass is 10.2. The van der Waals surface area contributed by atoms with Gasteiger partial charge in [-0.2, -0.15) is 0 Å². The number of hydrogen-bond acceptors (Lipinski definition) is 3. The minimum Gasteiger partial charge on any atom is -0.466 e. The molecule has 3 heteroatoms. The van der Waals surface area contributed by atoms with Crippen molar-refractivity contribution in [3.05, 3.63) is 35.7 Å². The third-order valence-electron chi connectivity index (χ3n) is 1.82. The molecule has 0 aliphatic heterocycles. The Labute approximate surface area is 89.8 Å². The molecule has 0 saturated carbocycles. The van der Waals surface area contributed by atoms with Crippen molar-refractivity contribution in [2.45, 2.75) is 20.3 Å². The fourth-order valence-electron chi connectivity index (χ4n) is 1.15. The van der Waals surface area contributed by atoms with Crippen LogP contribution in [-0.4, -0.2) is 17.6 Å². The van der Waals surface area contributed by atoms with Gasteiger partial charge in [-0.15, -0.1) is 0 Å². The zero-order valence-electron chi connectivity index (χ0n) is 9.06. The van der Waals surface area contributed by atoms with Crippen LogP contribution in [0.25, 0.3) is 6.08 Å². The number of pyridine rings is 1. The summed E-state index contributed by atoms with van der Waals surface area (Å²) in [5, 5.41) is 0. The molecule has 0 aliphatic rings. The van der Waals surface area contributed by atoms with Crippen molar-refractivity contribution in [1.29, 1.82) is 0 Å². The number of esters is 1. The highest BCUT2D eigenvalue weighted by Crippen LogP contribution is 2.02. The van der Waals surface area contributed by atoms with Crippen LogP contribution in [-0.2, 0) is 9.53 Å². The number of ether oxygens (including phenoxy) is 1. The van der Waals surface area contributed by atoms with E-state index in [9.17, 15) is 4.79 Å². The maximum atomic E-state index is 11.0. The second kappa shape index (κ2) is 5.96. The van der Waals surface area contributed by atoms with Crippen molar-refractivity contribution in [2.24, 2.45) is 0 Å². The summed E-state index contributed by atoms with van der Waals surface area (Å²) in [6.07, 6.45) is 5.63. The molecule has 0 bridgehead atoms. The van der Waals surface area contributed by atoms with E-state index in [2.05, 4.69) is 4.98 Å². The summed E-state index contributed by atoms with van der Waals surface area (Å²) in [6, 6.07) is 3.89. The molecule has 0 aromatic carbocycles. The van der Waals surface area contributed by atoms with Gasteiger partial charge in [0.15, 0.2) is 0 Å². The van der Waals surface area contributed by atoms with E-state index < -0.39 is 0 Å². The van der Waals surface area contributed by atoms with E-state index in [0.717, 1.165) is 11.3 Å². The van der Waals surface area contributed by atoms with Gasteiger partial charge in [0.2, 0.25) is 0 Å². The fraction of sp³-hybridized carbons (Fsp3) is 0.333. The van der Waals surface area contributed by atoms with Crippen LogP contribution in [0.3, 0.4) is 0 Å². The number of aromatic nitrogens is 1. The van der Waals surface area contributed by atoms with Gasteiger partial charge in [0.05, 0.1) is 18.7 Å². The molecule has 0 unspecified atom stereocenters. The van der Waals surface area contributed by atoms with E-state index in [0.29, 0.717) is 13.0 Å². The molecule has 1 aromatic rings. The second-order valence-electron chi connectivity index (χ2n) is 3.17. The smallest absolute Gasteiger partial charge is 0.309 e. The molecule has 1 aromatic heterocycles. The Morgan fingerprint density at radius 1 is 1.60 bits per heavy atom. The normalized spacial score (nSPS) is 10.5. The number of nitrogens with zero attached hydrogens (tertiary/aromatic N) is 1. The van der Waals surface area contributed by atoms with E-state index in [1.54, 1.807) is 19.2 Å². The van der Waals surface area contributed by atoms with Crippen molar-refractivity contribution >= 4 is 12.0 Å². The topological polar surface area (TPSA) is 39.2 Å². The second-order valence-corrected chi connectivity index (χ2v) is 3.17. The van der Waals surface area contributed by atoms with Gasteiger partial charge in [-0.3, -0.25) is 9.78 Å². The SMILES string of the molecule is CCOC(=O)CC=Cc1cc(C)ccn1. The third kappa shape index (κ3) is 4.40. The van der Waals surface area contributed by atoms with Crippen LogP contribution in [0.5, 0.6) is 0 Å². The predicted octanol–water partition coefficient (Wildman–Crippen LogP) is 2.36. The first-order chi connectivity index (χ1) is 7.22. The van der Waals surface area contributed by atoms with Crippen LogP contribution in [0.4, 0.5) is 0 Å². The van der Waals surface area contributed by atoms with Crippen LogP contribution in [0.15, 0.2) is 24.4 Å². The lowest BCUT2D eigenvalue weighted by molar-refractivity contribution is -0.142. The summed E-state index contributed by atoms with van der Waals surface area (Å²) in [5.41, 5.74) is 2.01. The van der Waals surface area contributed by atoms with Gasteiger partial charge >= 0.3 is 5.97 Å². The first-order valence-electron chi connectivity index (χ1n) is 4.97. The lowest BCUT2D eigenvalue weighted by Crippen LogP contribution is -2.01. The number of rotatable bonds is 4. The van der Waals surface area contributed by atoms with Gasteiger partial charge in [0.25, 0.3) is 0 Å². The van der Waals surface area contributed by atoms with Crippen LogP contribution in [0, 0.1) is 6.92 Å². The van der Waals surface area contributed by atoms with Gasteiger partial charge in [0.1, 0.15) is 0 Å². The minimum absolute atomic E-state index is 0.207. The van der Waals surface area contributed by atoms with Gasteiger partial charge in [-0.1, -0.05) is 6.08 Å². The summed E-state index contributed by atoms with van der Waals surface area (Å²) in [4.78, 5) is 15.1. The molecule has 0 spiro atoms. The van der Waals surface area contributed by atoms with Crippen LogP contribution in [0.2, 0.25) is 0 Å². The standard InChI is InChI=1S/C12H15NO2/c1-3-15-12(14)6-4-5-11-9-10(2)7-8-13-11/h4-5,7-9H,3,6H2,1-2H3. The van der Waals surface area contributed by atoms with E-state index in [-0.39, 0.29) is 5.97 Å². The molecule has 0 amide bonds. The molecular weight excluding hydrogens is 190 g/mol. The van der Waals surface area contributed by atoms with Gasteiger partial charge in [0, 0.05) is 6.20 Å². The molecule has 15 heavy (non-hydrogen) atoms. The number of aryl methyl sites for hydroxylation is 1. The Balaban J connectivity index is 2.48. The quantitative estimate of drug-likeness (QED) is 0.708. The van der Waals surface area contributed by atoms with E-state index in [4.69, 9.17) is 4.74 Å². The average molecular weight is 205 g/mol. The molecule has 0 aliphatic carbocycles. The van der Waals surface area contributed by atoms with Crippen molar-refractivity contribution in [3.63, 3.8) is 0 Å². The molecule has 1 heterocycles. The van der Waals surface area contributed by atoms with Gasteiger partial charge in [-0.05, 0) is 37.6 Å². The lowest BCUT2D eigenvalue weighted by Gasteiger charge is -1.97. The Hall–Kier alpha value is -1.64. The van der Waals surface area contributed by atoms with Crippen LogP contribution < -0.4 is 0 Å². The van der Waals surface area contributed by atoms with Crippen molar-refractivity contribution < 1.29 is 9.53 Å². The maximum absolute atomic E-state index is 11.0. The molecule has 80 valence electrons. The molecule has 0 saturated heterocycles. The molecular formula is C12H15NO2. The monoisotopic (exact) mass is 205 g/mol. The first kappa shape index (κ1) is 11.4. The highest BCUT2D eigenvalue weighted by molar-refractivity contribution is 5.72. The van der Waals surface area contributed by atoms with Gasteiger partial charge < -0.3 is 4.74 Å². The summed E-state index contributed by atoms with van der Waals surface area (Å²) < 4.78 is 4.79. The Morgan fingerprint density at radius 3 is 3.07 bits per heavy atom. The van der Waals surface area contributed by atoms with Gasteiger partial charge in [-0.25, -0.2) is 0 Å². The van der Waals surface area contributed by atoms with Crippen LogP contribution >= 0.6 is 0 Å². The first-order valence-corrected chi connectivity index (χ1v) is 4.97. The zero-order chi connectivity index (χ0) is 11.1. The zero-order valence-corrected chi connectivity index (χ0v) is 9.06. The minimum atomic E-state index is -0.207. The molecule has 0 radical (unpaired) electrons. The summed E-state index contributed by atoms with van der Waals surface area (Å²) in [7, 11) is 0. The van der Waals surface area contributed by atoms with E-state index >= 15 is 0 Å². The van der Waals surface area contributed by atoms with Crippen molar-refractivity contribution in [1.82, 2.24) is 4.98 Å². The highest BCUT2D eigenvalue weighted by Gasteiger charge is 1.96. The maximum Gasteiger partial charge on any atom is 0.309 e. The Kier molecular flexibility index (Phi) is 4.54. The molecule has 1 rings (SSSR count). The van der Waals surface area contributed by atoms with E-state index in [1.807, 2.05) is 25.1 Å². The summed E-state index contributed by atoms with van der Waals surface area (Å²) >= 11 is 0. The number of carbonyl (C=O) groups is 1. The summed E-state index contributed by atoms with van der Waals surface area (Å²) in [5.74, 6) is -0.207. The van der Waals surface area contributed by atoms with Crippen molar-refractivity contribution in [2.75, 3.05) is 6.61 Å². The molecule has 0 atom stereocenters. The summed E-state index contributed by atoms with van der Waals surface area (Å²) in [6.45, 7) is 4.23. The average Bonchev–Trinajstić information content (AvgIpc) is 2.18. The van der Waals surface area contributed by atoms with Crippen LogP contribution in [0.1, 0.15) is 24.6 Å².